The molecule has 0 bridgehead atoms. The highest BCUT2D eigenvalue weighted by Crippen LogP contribution is 2.02. The van der Waals surface area contributed by atoms with Crippen molar-refractivity contribution in [2.75, 3.05) is 7.11 Å². The van der Waals surface area contributed by atoms with Crippen LogP contribution in [-0.4, -0.2) is 13.1 Å². The van der Waals surface area contributed by atoms with Gasteiger partial charge in [-0.1, -0.05) is 43.4 Å². The van der Waals surface area contributed by atoms with Crippen molar-refractivity contribution in [1.29, 1.82) is 0 Å². The second kappa shape index (κ2) is 17.0. The summed E-state index contributed by atoms with van der Waals surface area (Å²) < 4.78 is 9.75. The van der Waals surface area contributed by atoms with Crippen LogP contribution in [0.5, 0.6) is 0 Å². The van der Waals surface area contributed by atoms with Gasteiger partial charge in [0, 0.05) is 6.42 Å². The summed E-state index contributed by atoms with van der Waals surface area (Å²) in [7, 11) is 1.42. The minimum absolute atomic E-state index is 0.128. The molecule has 0 aromatic rings. The molecule has 3 nitrogen and oxygen atoms in total. The molecule has 22 heavy (non-hydrogen) atoms. The Morgan fingerprint density at radius 3 is 2.32 bits per heavy atom. The molecule has 0 rings (SSSR count). The van der Waals surface area contributed by atoms with Crippen LogP contribution in [0.1, 0.15) is 45.4 Å². The molecule has 0 aliphatic carbocycles. The van der Waals surface area contributed by atoms with Gasteiger partial charge in [-0.25, -0.2) is 0 Å². The number of hydrogen-bond donors (Lipinski definition) is 0. The second-order valence-corrected chi connectivity index (χ2v) is 4.59. The average molecular weight is 304 g/mol. The molecule has 0 aromatic heterocycles. The first-order chi connectivity index (χ1) is 10.8. The van der Waals surface area contributed by atoms with Gasteiger partial charge in [0.05, 0.1) is 19.6 Å². The van der Waals surface area contributed by atoms with Crippen molar-refractivity contribution < 1.29 is 14.3 Å². The first-order valence-electron chi connectivity index (χ1n) is 7.81. The van der Waals surface area contributed by atoms with Gasteiger partial charge in [-0.15, -0.1) is 0 Å². The van der Waals surface area contributed by atoms with Crippen LogP contribution in [0.2, 0.25) is 0 Å². The van der Waals surface area contributed by atoms with Crippen LogP contribution in [-0.2, 0) is 14.3 Å². The molecule has 0 unspecified atom stereocenters. The topological polar surface area (TPSA) is 35.5 Å². The average Bonchev–Trinajstić information content (AvgIpc) is 2.54. The number of unbranched alkanes of at least 4 members (excludes halogenated alkanes) is 2. The zero-order valence-corrected chi connectivity index (χ0v) is 13.7. The molecule has 0 spiro atoms. The predicted octanol–water partition coefficient (Wildman–Crippen LogP) is 5.23. The van der Waals surface area contributed by atoms with Gasteiger partial charge in [-0.3, -0.25) is 4.79 Å². The minimum Gasteiger partial charge on any atom is -0.473 e. The van der Waals surface area contributed by atoms with Crippen LogP contribution in [0.15, 0.2) is 61.1 Å². The minimum atomic E-state index is -0.128. The Morgan fingerprint density at radius 2 is 1.64 bits per heavy atom. The molecule has 0 saturated heterocycles. The third-order valence-electron chi connectivity index (χ3n) is 2.71. The predicted molar refractivity (Wildman–Crippen MR) is 92.2 cm³/mol. The van der Waals surface area contributed by atoms with E-state index >= 15 is 0 Å². The molecule has 0 aliphatic rings. The fourth-order valence-electron chi connectivity index (χ4n) is 1.52. The van der Waals surface area contributed by atoms with Crippen LogP contribution in [0, 0.1) is 0 Å². The number of carbonyl (C=O) groups is 1. The molecule has 0 fully saturated rings. The van der Waals surface area contributed by atoms with E-state index < -0.39 is 0 Å². The number of ether oxygens (including phenoxy) is 2. The Morgan fingerprint density at radius 1 is 0.909 bits per heavy atom. The highest BCUT2D eigenvalue weighted by molar-refractivity contribution is 5.68. The Labute approximate surface area is 134 Å². The molecule has 0 aromatic carbocycles. The molecule has 0 atom stereocenters. The van der Waals surface area contributed by atoms with Gasteiger partial charge in [-0.2, -0.15) is 0 Å². The summed E-state index contributed by atoms with van der Waals surface area (Å²) in [6.45, 7) is 2.09. The van der Waals surface area contributed by atoms with Crippen LogP contribution >= 0.6 is 0 Å². The number of carbonyl (C=O) groups excluding carboxylic acids is 1. The lowest BCUT2D eigenvalue weighted by Gasteiger charge is -1.96. The molecule has 0 amide bonds. The van der Waals surface area contributed by atoms with Crippen molar-refractivity contribution >= 4 is 5.97 Å². The van der Waals surface area contributed by atoms with Crippen LogP contribution in [0.4, 0.5) is 0 Å². The largest absolute Gasteiger partial charge is 0.473 e. The second-order valence-electron chi connectivity index (χ2n) is 4.59. The van der Waals surface area contributed by atoms with Gasteiger partial charge in [0.1, 0.15) is 0 Å². The van der Waals surface area contributed by atoms with Crippen molar-refractivity contribution in [3.05, 3.63) is 61.1 Å². The number of hydrogen-bond acceptors (Lipinski definition) is 3. The van der Waals surface area contributed by atoms with Crippen molar-refractivity contribution in [2.45, 2.75) is 45.4 Å². The quantitative estimate of drug-likeness (QED) is 0.163. The van der Waals surface area contributed by atoms with E-state index in [1.54, 1.807) is 12.5 Å². The molecule has 3 heteroatoms. The van der Waals surface area contributed by atoms with Gasteiger partial charge < -0.3 is 9.47 Å². The summed E-state index contributed by atoms with van der Waals surface area (Å²) in [5.41, 5.74) is 0. The zero-order valence-electron chi connectivity index (χ0n) is 13.7. The lowest BCUT2D eigenvalue weighted by atomic mass is 10.2. The summed E-state index contributed by atoms with van der Waals surface area (Å²) in [6.07, 6.45) is 24.6. The summed E-state index contributed by atoms with van der Waals surface area (Å²) in [4.78, 5) is 10.9. The van der Waals surface area contributed by atoms with Gasteiger partial charge in [0.25, 0.3) is 0 Å². The fraction of sp³-hybridized carbons (Fsp3) is 0.421. The van der Waals surface area contributed by atoms with E-state index in [-0.39, 0.29) is 5.97 Å². The standard InChI is InChI=1S/C19H28O3/c1-3-4-5-14-17-22-18-15-12-10-8-6-7-9-11-13-16-19(20)21-2/h4-7,10,12,14-15,17-18H,3,8-9,11,13,16H2,1-2H3. The summed E-state index contributed by atoms with van der Waals surface area (Å²) >= 11 is 0. The molecule has 0 saturated carbocycles. The van der Waals surface area contributed by atoms with Crippen LogP contribution < -0.4 is 0 Å². The third kappa shape index (κ3) is 16.0. The maximum absolute atomic E-state index is 10.9. The summed E-state index contributed by atoms with van der Waals surface area (Å²) in [5.74, 6) is -0.128. The molecule has 0 N–H and O–H groups in total. The monoisotopic (exact) mass is 304 g/mol. The maximum atomic E-state index is 10.9. The SMILES string of the molecule is CCC=CC=COC=CC=CCC=CCCCCC(=O)OC. The van der Waals surface area contributed by atoms with E-state index in [0.29, 0.717) is 6.42 Å². The first-order valence-corrected chi connectivity index (χ1v) is 7.81. The van der Waals surface area contributed by atoms with Gasteiger partial charge in [0.2, 0.25) is 0 Å². The number of methoxy groups -OCH3 is 1. The maximum Gasteiger partial charge on any atom is 0.305 e. The molecule has 122 valence electrons. The highest BCUT2D eigenvalue weighted by atomic mass is 16.5. The lowest BCUT2D eigenvalue weighted by Crippen LogP contribution is -1.98. The Bertz CT molecular complexity index is 401. The van der Waals surface area contributed by atoms with Gasteiger partial charge in [0.15, 0.2) is 0 Å². The Hall–Kier alpha value is -2.03. The van der Waals surface area contributed by atoms with E-state index in [9.17, 15) is 4.79 Å². The van der Waals surface area contributed by atoms with Crippen molar-refractivity contribution in [3.63, 3.8) is 0 Å². The molecular weight excluding hydrogens is 276 g/mol. The third-order valence-corrected chi connectivity index (χ3v) is 2.71. The van der Waals surface area contributed by atoms with E-state index in [2.05, 4.69) is 36.0 Å². The molecule has 0 radical (unpaired) electrons. The normalized spacial score (nSPS) is 12.5. The van der Waals surface area contributed by atoms with Gasteiger partial charge in [-0.05, 0) is 44.3 Å². The molecular formula is C19H28O3. The first kappa shape index (κ1) is 20.0. The van der Waals surface area contributed by atoms with E-state index in [1.165, 1.54) is 7.11 Å². The number of rotatable bonds is 12. The van der Waals surface area contributed by atoms with Crippen molar-refractivity contribution in [1.82, 2.24) is 0 Å². The number of allylic oxidation sites excluding steroid dienone is 8. The molecule has 0 aliphatic heterocycles. The zero-order chi connectivity index (χ0) is 16.3. The smallest absolute Gasteiger partial charge is 0.305 e. The van der Waals surface area contributed by atoms with E-state index in [0.717, 1.165) is 32.1 Å². The van der Waals surface area contributed by atoms with E-state index in [4.69, 9.17) is 4.74 Å². The van der Waals surface area contributed by atoms with Crippen LogP contribution in [0.25, 0.3) is 0 Å². The molecule has 0 heterocycles. The van der Waals surface area contributed by atoms with Gasteiger partial charge >= 0.3 is 5.97 Å². The number of esters is 1. The summed E-state index contributed by atoms with van der Waals surface area (Å²) in [6, 6.07) is 0. The highest BCUT2D eigenvalue weighted by Gasteiger charge is 1.97. The Kier molecular flexibility index (Phi) is 15.5. The van der Waals surface area contributed by atoms with Crippen molar-refractivity contribution in [3.8, 4) is 0 Å². The van der Waals surface area contributed by atoms with Crippen LogP contribution in [0.3, 0.4) is 0 Å². The summed E-state index contributed by atoms with van der Waals surface area (Å²) in [5, 5.41) is 0. The Balaban J connectivity index is 3.49. The fourth-order valence-corrected chi connectivity index (χ4v) is 1.52. The lowest BCUT2D eigenvalue weighted by molar-refractivity contribution is -0.140. The van der Waals surface area contributed by atoms with E-state index in [1.807, 2.05) is 24.3 Å². The van der Waals surface area contributed by atoms with Crippen molar-refractivity contribution in [2.24, 2.45) is 0 Å².